The molecule has 0 atom stereocenters. The first-order chi connectivity index (χ1) is 18.8. The third-order valence-corrected chi connectivity index (χ3v) is 6.06. The summed E-state index contributed by atoms with van der Waals surface area (Å²) in [5.74, 6) is 1.09. The average Bonchev–Trinajstić information content (AvgIpc) is 2.93. The predicted octanol–water partition coefficient (Wildman–Crippen LogP) is 7.20. The molecular formula is C31H32N4O4. The quantitative estimate of drug-likeness (QED) is 0.196. The van der Waals surface area contributed by atoms with E-state index >= 15 is 0 Å². The van der Waals surface area contributed by atoms with Crippen LogP contribution in [0.5, 0.6) is 11.5 Å². The van der Waals surface area contributed by atoms with Crippen LogP contribution < -0.4 is 30.7 Å². The molecule has 39 heavy (non-hydrogen) atoms. The van der Waals surface area contributed by atoms with Crippen LogP contribution in [0, 0.1) is 13.8 Å². The van der Waals surface area contributed by atoms with E-state index in [0.29, 0.717) is 40.7 Å². The van der Waals surface area contributed by atoms with Crippen LogP contribution in [0.3, 0.4) is 0 Å². The Kier molecular flexibility index (Phi) is 8.68. The van der Waals surface area contributed by atoms with Crippen molar-refractivity contribution in [3.63, 3.8) is 0 Å². The summed E-state index contributed by atoms with van der Waals surface area (Å²) >= 11 is 0. The van der Waals surface area contributed by atoms with Gasteiger partial charge in [-0.3, -0.25) is 0 Å². The van der Waals surface area contributed by atoms with E-state index in [2.05, 4.69) is 21.3 Å². The number of rotatable bonds is 8. The molecule has 0 aliphatic heterocycles. The highest BCUT2D eigenvalue weighted by atomic mass is 16.5. The highest BCUT2D eigenvalue weighted by Gasteiger charge is 2.12. The van der Waals surface area contributed by atoms with Gasteiger partial charge in [0, 0.05) is 11.4 Å². The summed E-state index contributed by atoms with van der Waals surface area (Å²) in [6.45, 7) is 3.98. The molecule has 4 amide bonds. The number of benzene rings is 4. The first-order valence-corrected chi connectivity index (χ1v) is 12.5. The van der Waals surface area contributed by atoms with Crippen molar-refractivity contribution in [1.29, 1.82) is 0 Å². The number of hydrogen-bond donors (Lipinski definition) is 4. The second-order valence-electron chi connectivity index (χ2n) is 9.14. The van der Waals surface area contributed by atoms with Crippen LogP contribution in [0.15, 0.2) is 84.9 Å². The molecule has 0 aromatic heterocycles. The summed E-state index contributed by atoms with van der Waals surface area (Å²) in [4.78, 5) is 25.0. The highest BCUT2D eigenvalue weighted by molar-refractivity contribution is 6.01. The van der Waals surface area contributed by atoms with Gasteiger partial charge in [0.05, 0.1) is 25.6 Å². The van der Waals surface area contributed by atoms with E-state index in [1.807, 2.05) is 98.8 Å². The van der Waals surface area contributed by atoms with Gasteiger partial charge in [0.25, 0.3) is 0 Å². The number of ether oxygens (including phenoxy) is 2. The molecule has 4 N–H and O–H groups in total. The van der Waals surface area contributed by atoms with Crippen molar-refractivity contribution in [2.24, 2.45) is 0 Å². The molecule has 200 valence electrons. The van der Waals surface area contributed by atoms with E-state index < -0.39 is 0 Å². The fourth-order valence-corrected chi connectivity index (χ4v) is 3.98. The summed E-state index contributed by atoms with van der Waals surface area (Å²) in [6, 6.07) is 25.7. The number of methoxy groups -OCH3 is 2. The molecule has 0 saturated heterocycles. The smallest absolute Gasteiger partial charge is 0.323 e. The molecule has 8 nitrogen and oxygen atoms in total. The minimum absolute atomic E-state index is 0.357. The van der Waals surface area contributed by atoms with E-state index in [1.165, 1.54) is 0 Å². The molecule has 0 spiro atoms. The summed E-state index contributed by atoms with van der Waals surface area (Å²) in [7, 11) is 3.13. The van der Waals surface area contributed by atoms with Gasteiger partial charge in [-0.1, -0.05) is 47.5 Å². The molecule has 0 bridgehead atoms. The van der Waals surface area contributed by atoms with Gasteiger partial charge in [0.2, 0.25) is 0 Å². The Hall–Kier alpha value is -4.98. The van der Waals surface area contributed by atoms with Crippen molar-refractivity contribution >= 4 is 34.8 Å². The maximum absolute atomic E-state index is 12.5. The zero-order valence-electron chi connectivity index (χ0n) is 22.4. The minimum atomic E-state index is -0.357. The number of amides is 4. The standard InChI is InChI=1S/C31H32N4O4/c1-20-5-11-24(12-6-20)32-30(36)34-26-15-9-22(18-28(26)38-3)17-23-10-16-27(29(19-23)39-4)35-31(37)33-25-13-7-21(2)8-14-25/h5-16,18-19H,17H2,1-4H3,(H2,32,34,36)(H2,33,35,37). The summed E-state index contributed by atoms with van der Waals surface area (Å²) < 4.78 is 11.1. The third kappa shape index (κ3) is 7.52. The van der Waals surface area contributed by atoms with Crippen molar-refractivity contribution < 1.29 is 19.1 Å². The topological polar surface area (TPSA) is 101 Å². The van der Waals surface area contributed by atoms with E-state index in [0.717, 1.165) is 22.3 Å². The molecular weight excluding hydrogens is 492 g/mol. The van der Waals surface area contributed by atoms with Gasteiger partial charge in [-0.05, 0) is 79.9 Å². The minimum Gasteiger partial charge on any atom is -0.495 e. The summed E-state index contributed by atoms with van der Waals surface area (Å²) in [6.07, 6.45) is 0.596. The van der Waals surface area contributed by atoms with Gasteiger partial charge in [0.15, 0.2) is 0 Å². The lowest BCUT2D eigenvalue weighted by Crippen LogP contribution is -2.20. The van der Waals surface area contributed by atoms with Gasteiger partial charge in [0.1, 0.15) is 11.5 Å². The molecule has 0 saturated carbocycles. The lowest BCUT2D eigenvalue weighted by Gasteiger charge is -2.14. The number of carbonyl (C=O) groups excluding carboxylic acids is 2. The number of nitrogens with one attached hydrogen (secondary N) is 4. The van der Waals surface area contributed by atoms with Gasteiger partial charge < -0.3 is 30.7 Å². The van der Waals surface area contributed by atoms with Crippen LogP contribution in [0.1, 0.15) is 22.3 Å². The van der Waals surface area contributed by atoms with Crippen LogP contribution in [-0.2, 0) is 6.42 Å². The van der Waals surface area contributed by atoms with Gasteiger partial charge in [-0.25, -0.2) is 9.59 Å². The Labute approximate surface area is 228 Å². The normalized spacial score (nSPS) is 10.4. The van der Waals surface area contributed by atoms with Crippen molar-refractivity contribution in [3.8, 4) is 11.5 Å². The molecule has 0 unspecified atom stereocenters. The maximum atomic E-state index is 12.5. The van der Waals surface area contributed by atoms with E-state index in [9.17, 15) is 9.59 Å². The molecule has 0 heterocycles. The lowest BCUT2D eigenvalue weighted by atomic mass is 10.0. The lowest BCUT2D eigenvalue weighted by molar-refractivity contribution is 0.261. The van der Waals surface area contributed by atoms with Crippen molar-refractivity contribution in [1.82, 2.24) is 0 Å². The Morgan fingerprint density at radius 2 is 0.949 bits per heavy atom. The monoisotopic (exact) mass is 524 g/mol. The van der Waals surface area contributed by atoms with Gasteiger partial charge >= 0.3 is 12.1 Å². The van der Waals surface area contributed by atoms with Crippen LogP contribution in [0.2, 0.25) is 0 Å². The SMILES string of the molecule is COc1cc(Cc2ccc(NC(=O)Nc3ccc(C)cc3)c(OC)c2)ccc1NC(=O)Nc1ccc(C)cc1. The van der Waals surface area contributed by atoms with Crippen LogP contribution >= 0.6 is 0 Å². The van der Waals surface area contributed by atoms with E-state index in [1.54, 1.807) is 14.2 Å². The Morgan fingerprint density at radius 3 is 1.31 bits per heavy atom. The van der Waals surface area contributed by atoms with E-state index in [4.69, 9.17) is 9.47 Å². The second kappa shape index (κ2) is 12.5. The van der Waals surface area contributed by atoms with Crippen molar-refractivity contribution in [3.05, 3.63) is 107 Å². The third-order valence-electron chi connectivity index (χ3n) is 6.06. The Balaban J connectivity index is 1.40. The fourth-order valence-electron chi connectivity index (χ4n) is 3.98. The number of aryl methyl sites for hydroxylation is 2. The van der Waals surface area contributed by atoms with Gasteiger partial charge in [-0.15, -0.1) is 0 Å². The Bertz CT molecular complexity index is 1340. The first kappa shape index (κ1) is 27.1. The second-order valence-corrected chi connectivity index (χ2v) is 9.14. The van der Waals surface area contributed by atoms with Crippen molar-refractivity contribution in [2.45, 2.75) is 20.3 Å². The molecule has 4 aromatic rings. The number of anilines is 4. The first-order valence-electron chi connectivity index (χ1n) is 12.5. The van der Waals surface area contributed by atoms with E-state index in [-0.39, 0.29) is 12.1 Å². The molecule has 4 rings (SSSR count). The molecule has 0 aliphatic rings. The number of hydrogen-bond acceptors (Lipinski definition) is 4. The van der Waals surface area contributed by atoms with Crippen molar-refractivity contribution in [2.75, 3.05) is 35.5 Å². The highest BCUT2D eigenvalue weighted by Crippen LogP contribution is 2.30. The van der Waals surface area contributed by atoms with Crippen LogP contribution in [0.25, 0.3) is 0 Å². The molecule has 4 aromatic carbocycles. The summed E-state index contributed by atoms with van der Waals surface area (Å²) in [5.41, 5.74) is 6.72. The average molecular weight is 525 g/mol. The predicted molar refractivity (Wildman–Crippen MR) is 156 cm³/mol. The summed E-state index contributed by atoms with van der Waals surface area (Å²) in [5, 5.41) is 11.3. The zero-order chi connectivity index (χ0) is 27.8. The molecule has 0 radical (unpaired) electrons. The molecule has 0 fully saturated rings. The zero-order valence-corrected chi connectivity index (χ0v) is 22.4. The van der Waals surface area contributed by atoms with Crippen LogP contribution in [0.4, 0.5) is 32.3 Å². The van der Waals surface area contributed by atoms with Gasteiger partial charge in [-0.2, -0.15) is 0 Å². The number of carbonyl (C=O) groups is 2. The maximum Gasteiger partial charge on any atom is 0.323 e. The number of urea groups is 2. The molecule has 0 aliphatic carbocycles. The largest absolute Gasteiger partial charge is 0.495 e. The molecule has 8 heteroatoms. The Morgan fingerprint density at radius 1 is 0.564 bits per heavy atom. The van der Waals surface area contributed by atoms with Crippen LogP contribution in [-0.4, -0.2) is 26.3 Å². The fraction of sp³-hybridized carbons (Fsp3) is 0.161.